The van der Waals surface area contributed by atoms with Crippen molar-refractivity contribution in [2.45, 2.75) is 6.92 Å². The molecular weight excluding hydrogens is 226 g/mol. The molecule has 5 nitrogen and oxygen atoms in total. The fourth-order valence-electron chi connectivity index (χ4n) is 0.863. The van der Waals surface area contributed by atoms with E-state index >= 15 is 0 Å². The van der Waals surface area contributed by atoms with E-state index in [4.69, 9.17) is 17.3 Å². The lowest BCUT2D eigenvalue weighted by Gasteiger charge is -2.06. The number of carboxylic acid groups (broad SMARTS) is 1. The van der Waals surface area contributed by atoms with Crippen LogP contribution < -0.4 is 10.7 Å². The predicted octanol–water partition coefficient (Wildman–Crippen LogP) is 1.43. The molecule has 0 heterocycles. The molecular formula is C10H11N3O2S. The molecule has 1 aromatic carbocycles. The number of hydrogen-bond acceptors (Lipinski definition) is 3. The van der Waals surface area contributed by atoms with Gasteiger partial charge in [-0.05, 0) is 31.3 Å². The van der Waals surface area contributed by atoms with Crippen molar-refractivity contribution >= 4 is 34.7 Å². The van der Waals surface area contributed by atoms with E-state index in [-0.39, 0.29) is 10.8 Å². The second-order valence-electron chi connectivity index (χ2n) is 2.93. The number of nitrogens with zero attached hydrogens (tertiary/aromatic N) is 1. The number of hydrogen-bond donors (Lipinski definition) is 3. The predicted molar refractivity (Wildman–Crippen MR) is 66.5 cm³/mol. The highest BCUT2D eigenvalue weighted by atomic mass is 32.1. The quantitative estimate of drug-likeness (QED) is 0.421. The molecule has 1 rings (SSSR count). The van der Waals surface area contributed by atoms with Crippen LogP contribution in [0.1, 0.15) is 6.92 Å². The van der Waals surface area contributed by atoms with Gasteiger partial charge >= 0.3 is 5.97 Å². The van der Waals surface area contributed by atoms with Crippen molar-refractivity contribution < 1.29 is 9.90 Å². The maximum atomic E-state index is 10.4. The molecule has 3 N–H and O–H groups in total. The zero-order valence-corrected chi connectivity index (χ0v) is 9.41. The molecule has 0 radical (unpaired) electrons. The zero-order chi connectivity index (χ0) is 12.0. The maximum Gasteiger partial charge on any atom is 0.351 e. The minimum Gasteiger partial charge on any atom is -0.477 e. The van der Waals surface area contributed by atoms with Crippen LogP contribution in [-0.4, -0.2) is 21.9 Å². The molecule has 0 saturated carbocycles. The average molecular weight is 237 g/mol. The summed E-state index contributed by atoms with van der Waals surface area (Å²) < 4.78 is 0. The summed E-state index contributed by atoms with van der Waals surface area (Å²) in [6, 6.07) is 9.27. The first-order chi connectivity index (χ1) is 7.59. The molecule has 0 fully saturated rings. The van der Waals surface area contributed by atoms with Crippen molar-refractivity contribution in [2.75, 3.05) is 5.32 Å². The third kappa shape index (κ3) is 4.05. The highest BCUT2D eigenvalue weighted by molar-refractivity contribution is 7.80. The van der Waals surface area contributed by atoms with E-state index in [0.717, 1.165) is 5.69 Å². The van der Waals surface area contributed by atoms with Crippen LogP contribution in [0.5, 0.6) is 0 Å². The first-order valence-electron chi connectivity index (χ1n) is 4.49. The minimum absolute atomic E-state index is 0.0581. The third-order valence-electron chi connectivity index (χ3n) is 1.67. The van der Waals surface area contributed by atoms with Crippen LogP contribution >= 0.6 is 12.2 Å². The number of para-hydroxylation sites is 1. The number of carboxylic acids is 1. The van der Waals surface area contributed by atoms with Crippen LogP contribution in [0, 0.1) is 0 Å². The molecule has 0 bridgehead atoms. The average Bonchev–Trinajstić information content (AvgIpc) is 2.27. The zero-order valence-electron chi connectivity index (χ0n) is 8.60. The van der Waals surface area contributed by atoms with E-state index in [2.05, 4.69) is 15.8 Å². The van der Waals surface area contributed by atoms with Gasteiger partial charge in [0, 0.05) is 5.69 Å². The van der Waals surface area contributed by atoms with Gasteiger partial charge in [-0.1, -0.05) is 18.2 Å². The van der Waals surface area contributed by atoms with E-state index in [9.17, 15) is 4.79 Å². The standard InChI is InChI=1S/C10H11N3O2S/c1-7(9(14)15)12-13-10(16)11-8-5-3-2-4-6-8/h2-6H,1H3,(H,14,15)(H2,11,13,16)/b12-7-. The molecule has 0 aromatic heterocycles. The van der Waals surface area contributed by atoms with E-state index in [1.165, 1.54) is 6.92 Å². The number of thiocarbonyl (C=S) groups is 1. The summed E-state index contributed by atoms with van der Waals surface area (Å²) in [4.78, 5) is 10.4. The van der Waals surface area contributed by atoms with Gasteiger partial charge in [-0.2, -0.15) is 5.10 Å². The number of rotatable bonds is 3. The van der Waals surface area contributed by atoms with Gasteiger partial charge < -0.3 is 10.4 Å². The molecule has 0 saturated heterocycles. The van der Waals surface area contributed by atoms with Gasteiger partial charge in [0.1, 0.15) is 5.71 Å². The van der Waals surface area contributed by atoms with Gasteiger partial charge in [-0.25, -0.2) is 4.79 Å². The summed E-state index contributed by atoms with van der Waals surface area (Å²) in [6.45, 7) is 1.38. The largest absolute Gasteiger partial charge is 0.477 e. The van der Waals surface area contributed by atoms with Gasteiger partial charge in [0.2, 0.25) is 0 Å². The lowest BCUT2D eigenvalue weighted by molar-refractivity contribution is -0.129. The lowest BCUT2D eigenvalue weighted by atomic mass is 10.3. The third-order valence-corrected chi connectivity index (χ3v) is 1.86. The summed E-state index contributed by atoms with van der Waals surface area (Å²) in [5, 5.41) is 15.2. The molecule has 0 aliphatic heterocycles. The van der Waals surface area contributed by atoms with E-state index in [0.29, 0.717) is 0 Å². The fourth-order valence-corrected chi connectivity index (χ4v) is 1.03. The summed E-state index contributed by atoms with van der Waals surface area (Å²) in [7, 11) is 0. The van der Waals surface area contributed by atoms with Gasteiger partial charge in [-0.3, -0.25) is 5.43 Å². The second kappa shape index (κ2) is 5.82. The van der Waals surface area contributed by atoms with Gasteiger partial charge in [0.05, 0.1) is 0 Å². The second-order valence-corrected chi connectivity index (χ2v) is 3.34. The number of benzene rings is 1. The molecule has 0 atom stereocenters. The van der Waals surface area contributed by atoms with E-state index in [1.54, 1.807) is 0 Å². The van der Waals surface area contributed by atoms with Crippen LogP contribution in [0.15, 0.2) is 35.4 Å². The van der Waals surface area contributed by atoms with Crippen molar-refractivity contribution in [3.05, 3.63) is 30.3 Å². The summed E-state index contributed by atoms with van der Waals surface area (Å²) in [5.41, 5.74) is 3.19. The Bertz CT molecular complexity index is 417. The normalized spacial score (nSPS) is 10.7. The fraction of sp³-hybridized carbons (Fsp3) is 0.100. The van der Waals surface area contributed by atoms with Crippen LogP contribution in [0.4, 0.5) is 5.69 Å². The van der Waals surface area contributed by atoms with Gasteiger partial charge in [0.25, 0.3) is 0 Å². The molecule has 0 aliphatic carbocycles. The number of aliphatic carboxylic acids is 1. The van der Waals surface area contributed by atoms with Crippen molar-refractivity contribution in [3.8, 4) is 0 Å². The molecule has 0 aliphatic rings. The Balaban J connectivity index is 2.49. The summed E-state index contributed by atoms with van der Waals surface area (Å²) in [5.74, 6) is -1.09. The van der Waals surface area contributed by atoms with Crippen LogP contribution in [0.2, 0.25) is 0 Å². The molecule has 1 aromatic rings. The van der Waals surface area contributed by atoms with E-state index < -0.39 is 5.97 Å². The van der Waals surface area contributed by atoms with Crippen molar-refractivity contribution in [2.24, 2.45) is 5.10 Å². The van der Waals surface area contributed by atoms with Crippen molar-refractivity contribution in [1.82, 2.24) is 5.43 Å². The van der Waals surface area contributed by atoms with Crippen molar-refractivity contribution in [3.63, 3.8) is 0 Å². The van der Waals surface area contributed by atoms with Crippen LogP contribution in [0.3, 0.4) is 0 Å². The Kier molecular flexibility index (Phi) is 4.41. The Morgan fingerprint density at radius 1 is 1.38 bits per heavy atom. The summed E-state index contributed by atoms with van der Waals surface area (Å²) in [6.07, 6.45) is 0. The summed E-state index contributed by atoms with van der Waals surface area (Å²) >= 11 is 4.92. The minimum atomic E-state index is -1.09. The lowest BCUT2D eigenvalue weighted by Crippen LogP contribution is -2.26. The number of anilines is 1. The molecule has 0 unspecified atom stereocenters. The first-order valence-corrected chi connectivity index (χ1v) is 4.90. The smallest absolute Gasteiger partial charge is 0.351 e. The Hall–Kier alpha value is -1.95. The monoisotopic (exact) mass is 237 g/mol. The molecule has 84 valence electrons. The SMILES string of the molecule is C/C(=N/NC(=S)Nc1ccccc1)C(=O)O. The van der Waals surface area contributed by atoms with Crippen LogP contribution in [-0.2, 0) is 4.79 Å². The molecule has 0 amide bonds. The molecule has 0 spiro atoms. The highest BCUT2D eigenvalue weighted by Gasteiger charge is 2.01. The highest BCUT2D eigenvalue weighted by Crippen LogP contribution is 2.04. The Morgan fingerprint density at radius 2 is 2.00 bits per heavy atom. The molecule has 16 heavy (non-hydrogen) atoms. The number of carbonyl (C=O) groups is 1. The molecule has 6 heteroatoms. The van der Waals surface area contributed by atoms with Gasteiger partial charge in [0.15, 0.2) is 5.11 Å². The van der Waals surface area contributed by atoms with Crippen LogP contribution in [0.25, 0.3) is 0 Å². The Morgan fingerprint density at radius 3 is 2.56 bits per heavy atom. The maximum absolute atomic E-state index is 10.4. The van der Waals surface area contributed by atoms with E-state index in [1.807, 2.05) is 30.3 Å². The topological polar surface area (TPSA) is 73.7 Å². The van der Waals surface area contributed by atoms with Crippen molar-refractivity contribution in [1.29, 1.82) is 0 Å². The first kappa shape index (κ1) is 12.1. The Labute approximate surface area is 98.2 Å². The van der Waals surface area contributed by atoms with Gasteiger partial charge in [-0.15, -0.1) is 0 Å². The number of hydrazone groups is 1. The number of nitrogens with one attached hydrogen (secondary N) is 2.